The van der Waals surface area contributed by atoms with Gasteiger partial charge in [-0.3, -0.25) is 5.32 Å². The maximum atomic E-state index is 9.55. The van der Waals surface area contributed by atoms with Crippen molar-refractivity contribution in [2.45, 2.75) is 50.9 Å². The smallest absolute Gasteiger partial charge is 0.165 e. The fourth-order valence-electron chi connectivity index (χ4n) is 1.72. The lowest BCUT2D eigenvalue weighted by Gasteiger charge is -2.35. The molecule has 0 bridgehead atoms. The first-order valence-corrected chi connectivity index (χ1v) is 5.92. The number of ether oxygens (including phenoxy) is 1. The van der Waals surface area contributed by atoms with Gasteiger partial charge in [0, 0.05) is 6.42 Å². The summed E-state index contributed by atoms with van der Waals surface area (Å²) in [6.45, 7) is 2.63. The van der Waals surface area contributed by atoms with Gasteiger partial charge in [-0.05, 0) is 13.0 Å². The van der Waals surface area contributed by atoms with Crippen LogP contribution in [0.25, 0.3) is 0 Å². The van der Waals surface area contributed by atoms with E-state index in [9.17, 15) is 10.2 Å². The molecule has 1 aliphatic rings. The molecule has 1 aliphatic heterocycles. The highest BCUT2D eigenvalue weighted by atomic mass is 16.5. The van der Waals surface area contributed by atoms with Gasteiger partial charge in [0.2, 0.25) is 0 Å². The third-order valence-electron chi connectivity index (χ3n) is 2.75. The van der Waals surface area contributed by atoms with Gasteiger partial charge in [0.15, 0.2) is 6.23 Å². The van der Waals surface area contributed by atoms with E-state index in [1.807, 2.05) is 0 Å². The molecule has 1 heterocycles. The van der Waals surface area contributed by atoms with Gasteiger partial charge in [-0.2, -0.15) is 0 Å². The molecule has 0 aromatic rings. The zero-order valence-electron chi connectivity index (χ0n) is 9.72. The van der Waals surface area contributed by atoms with E-state index in [-0.39, 0.29) is 13.0 Å². The SMILES string of the molecule is CCCCCN[C]1C[C@@H](O)[C@H](O)[C@@H](CO)O1. The number of unbranched alkanes of at least 4 members (excludes halogenated alkanes) is 2. The van der Waals surface area contributed by atoms with Crippen molar-refractivity contribution in [1.29, 1.82) is 0 Å². The van der Waals surface area contributed by atoms with Crippen molar-refractivity contribution in [2.24, 2.45) is 0 Å². The Morgan fingerprint density at radius 1 is 1.38 bits per heavy atom. The summed E-state index contributed by atoms with van der Waals surface area (Å²) in [5.41, 5.74) is 0. The molecule has 1 rings (SSSR count). The predicted molar refractivity (Wildman–Crippen MR) is 59.4 cm³/mol. The van der Waals surface area contributed by atoms with Crippen molar-refractivity contribution >= 4 is 0 Å². The Kier molecular flexibility index (Phi) is 6.23. The maximum absolute atomic E-state index is 9.55. The number of rotatable bonds is 6. The third-order valence-corrected chi connectivity index (χ3v) is 2.75. The van der Waals surface area contributed by atoms with E-state index in [1.165, 1.54) is 0 Å². The van der Waals surface area contributed by atoms with Crippen LogP contribution in [-0.2, 0) is 4.74 Å². The lowest BCUT2D eigenvalue weighted by atomic mass is 10.0. The van der Waals surface area contributed by atoms with E-state index in [0.29, 0.717) is 6.23 Å². The molecular formula is C11H22NO4. The van der Waals surface area contributed by atoms with Crippen molar-refractivity contribution in [3.8, 4) is 0 Å². The minimum absolute atomic E-state index is 0.282. The second-order valence-corrected chi connectivity index (χ2v) is 4.16. The predicted octanol–water partition coefficient (Wildman–Crippen LogP) is -0.241. The molecule has 1 saturated heterocycles. The van der Waals surface area contributed by atoms with E-state index in [4.69, 9.17) is 9.84 Å². The topological polar surface area (TPSA) is 82.0 Å². The summed E-state index contributed by atoms with van der Waals surface area (Å²) in [7, 11) is 0. The zero-order valence-corrected chi connectivity index (χ0v) is 9.72. The maximum Gasteiger partial charge on any atom is 0.165 e. The molecule has 1 fully saturated rings. The Morgan fingerprint density at radius 3 is 2.75 bits per heavy atom. The first kappa shape index (κ1) is 13.9. The van der Waals surface area contributed by atoms with Crippen molar-refractivity contribution in [2.75, 3.05) is 13.2 Å². The minimum atomic E-state index is -1.01. The summed E-state index contributed by atoms with van der Waals surface area (Å²) < 4.78 is 5.34. The molecule has 3 atom stereocenters. The second-order valence-electron chi connectivity index (χ2n) is 4.16. The summed E-state index contributed by atoms with van der Waals surface area (Å²) in [5.74, 6) is 0. The number of aliphatic hydroxyl groups is 3. The van der Waals surface area contributed by atoms with E-state index >= 15 is 0 Å². The summed E-state index contributed by atoms with van der Waals surface area (Å²) in [6, 6.07) is 0. The Bertz CT molecular complexity index is 191. The van der Waals surface area contributed by atoms with Gasteiger partial charge in [-0.25, -0.2) is 0 Å². The molecule has 0 aromatic carbocycles. The van der Waals surface area contributed by atoms with E-state index in [2.05, 4.69) is 12.2 Å². The van der Waals surface area contributed by atoms with Gasteiger partial charge in [-0.1, -0.05) is 19.8 Å². The number of hydrogen-bond donors (Lipinski definition) is 4. The number of hydrogen-bond acceptors (Lipinski definition) is 5. The highest BCUT2D eigenvalue weighted by molar-refractivity contribution is 4.92. The summed E-state index contributed by atoms with van der Waals surface area (Å²) in [4.78, 5) is 0. The van der Waals surface area contributed by atoms with Crippen LogP contribution in [0, 0.1) is 6.23 Å². The first-order chi connectivity index (χ1) is 7.69. The number of nitrogens with one attached hydrogen (secondary N) is 1. The van der Waals surface area contributed by atoms with Crippen molar-refractivity contribution < 1.29 is 20.1 Å². The Labute approximate surface area is 96.4 Å². The van der Waals surface area contributed by atoms with Gasteiger partial charge < -0.3 is 20.1 Å². The average molecular weight is 232 g/mol. The van der Waals surface area contributed by atoms with Crippen molar-refractivity contribution in [3.05, 3.63) is 6.23 Å². The molecule has 0 aliphatic carbocycles. The molecule has 0 amide bonds. The second kappa shape index (κ2) is 7.19. The lowest BCUT2D eigenvalue weighted by Crippen LogP contribution is -2.50. The minimum Gasteiger partial charge on any atom is -0.394 e. The molecule has 0 unspecified atom stereocenters. The summed E-state index contributed by atoms with van der Waals surface area (Å²) >= 11 is 0. The molecule has 16 heavy (non-hydrogen) atoms. The third kappa shape index (κ3) is 3.99. The fraction of sp³-hybridized carbons (Fsp3) is 0.909. The van der Waals surface area contributed by atoms with Crippen LogP contribution in [-0.4, -0.2) is 46.8 Å². The summed E-state index contributed by atoms with van der Waals surface area (Å²) in [6.07, 6.45) is 1.60. The Hall–Kier alpha value is -0.200. The van der Waals surface area contributed by atoms with E-state index < -0.39 is 18.3 Å². The van der Waals surface area contributed by atoms with Crippen LogP contribution in [0.4, 0.5) is 0 Å². The normalized spacial score (nSPS) is 31.9. The van der Waals surface area contributed by atoms with Crippen LogP contribution < -0.4 is 5.32 Å². The fourth-order valence-corrected chi connectivity index (χ4v) is 1.72. The van der Waals surface area contributed by atoms with E-state index in [1.54, 1.807) is 0 Å². The van der Waals surface area contributed by atoms with Crippen LogP contribution in [0.3, 0.4) is 0 Å². The highest BCUT2D eigenvalue weighted by Gasteiger charge is 2.36. The van der Waals surface area contributed by atoms with Crippen LogP contribution in [0.5, 0.6) is 0 Å². The number of aliphatic hydroxyl groups excluding tert-OH is 3. The highest BCUT2D eigenvalue weighted by Crippen LogP contribution is 2.23. The molecular weight excluding hydrogens is 210 g/mol. The monoisotopic (exact) mass is 232 g/mol. The standard InChI is InChI=1S/C11H22NO4/c1-2-3-4-5-12-10-6-8(14)11(15)9(7-13)16-10/h8-9,11-15H,2-7H2,1H3/t8-,9-,11+/m1/s1. The molecule has 0 aromatic heterocycles. The van der Waals surface area contributed by atoms with Gasteiger partial charge >= 0.3 is 0 Å². The molecule has 0 spiro atoms. The lowest BCUT2D eigenvalue weighted by molar-refractivity contribution is -0.149. The molecule has 95 valence electrons. The molecule has 1 radical (unpaired) electrons. The van der Waals surface area contributed by atoms with Crippen molar-refractivity contribution in [3.63, 3.8) is 0 Å². The van der Waals surface area contributed by atoms with Gasteiger partial charge in [-0.15, -0.1) is 0 Å². The average Bonchev–Trinajstić information content (AvgIpc) is 2.29. The molecule has 5 heteroatoms. The van der Waals surface area contributed by atoms with Gasteiger partial charge in [0.1, 0.15) is 12.2 Å². The van der Waals surface area contributed by atoms with Gasteiger partial charge in [0.25, 0.3) is 0 Å². The van der Waals surface area contributed by atoms with Crippen LogP contribution in [0.15, 0.2) is 0 Å². The van der Waals surface area contributed by atoms with Crippen molar-refractivity contribution in [1.82, 2.24) is 5.32 Å². The zero-order chi connectivity index (χ0) is 12.0. The molecule has 4 N–H and O–H groups in total. The van der Waals surface area contributed by atoms with E-state index in [0.717, 1.165) is 25.8 Å². The Morgan fingerprint density at radius 2 is 2.12 bits per heavy atom. The molecule has 5 nitrogen and oxygen atoms in total. The van der Waals surface area contributed by atoms with Crippen LogP contribution in [0.1, 0.15) is 32.6 Å². The van der Waals surface area contributed by atoms with Crippen LogP contribution in [0.2, 0.25) is 0 Å². The Balaban J connectivity index is 2.27. The quantitative estimate of drug-likeness (QED) is 0.475. The molecule has 0 saturated carbocycles. The first-order valence-electron chi connectivity index (χ1n) is 5.92. The van der Waals surface area contributed by atoms with Crippen LogP contribution >= 0.6 is 0 Å². The van der Waals surface area contributed by atoms with Gasteiger partial charge in [0.05, 0.1) is 12.7 Å². The summed E-state index contributed by atoms with van der Waals surface area (Å²) in [5, 5.41) is 31.1. The largest absolute Gasteiger partial charge is 0.394 e.